The van der Waals surface area contributed by atoms with Gasteiger partial charge in [0.05, 0.1) is 11.3 Å². The molecule has 8 aromatic rings. The Kier molecular flexibility index (Phi) is 4.63. The van der Waals surface area contributed by atoms with Gasteiger partial charge < -0.3 is 13.5 Å². The first-order chi connectivity index (χ1) is 17.3. The zero-order valence-corrected chi connectivity index (χ0v) is 21.0. The van der Waals surface area contributed by atoms with Crippen molar-refractivity contribution < 1.29 is 25.8 Å². The number of para-hydroxylation sites is 2. The van der Waals surface area contributed by atoms with E-state index < -0.39 is 0 Å². The molecule has 8 rings (SSSR count). The largest absolute Gasteiger partial charge is 2.00 e. The first-order valence-corrected chi connectivity index (χ1v) is 11.4. The molecule has 36 heavy (non-hydrogen) atoms. The molecule has 6 heteroatoms. The SMILES string of the molecule is [Pt+2].[c-]1c(Oc2[c-]c3c(cc2)c2ccccc2n2ccnc32)ccc2c1c1nccn1c1ccccc21. The molecule has 0 fully saturated rings. The summed E-state index contributed by atoms with van der Waals surface area (Å²) >= 11 is 0. The third-order valence-corrected chi connectivity index (χ3v) is 6.69. The number of benzene rings is 4. The smallest absolute Gasteiger partial charge is 0.497 e. The number of hydrogen-bond donors (Lipinski definition) is 0. The molecule has 5 nitrogen and oxygen atoms in total. The second kappa shape index (κ2) is 7.90. The van der Waals surface area contributed by atoms with Crippen molar-refractivity contribution in [1.82, 2.24) is 18.8 Å². The van der Waals surface area contributed by atoms with Gasteiger partial charge in [0, 0.05) is 47.3 Å². The second-order valence-electron chi connectivity index (χ2n) is 8.60. The van der Waals surface area contributed by atoms with Gasteiger partial charge in [0.15, 0.2) is 0 Å². The Labute approximate surface area is 219 Å². The van der Waals surface area contributed by atoms with Crippen LogP contribution in [-0.2, 0) is 21.1 Å². The van der Waals surface area contributed by atoms with Gasteiger partial charge in [-0.3, -0.25) is 9.97 Å². The van der Waals surface area contributed by atoms with Gasteiger partial charge in [-0.05, 0) is 22.9 Å². The molecule has 172 valence electrons. The monoisotopic (exact) mass is 643 g/mol. The number of hydrogen-bond acceptors (Lipinski definition) is 3. The minimum atomic E-state index is 0. The quantitative estimate of drug-likeness (QED) is 0.151. The Bertz CT molecular complexity index is 1960. The number of pyridine rings is 2. The molecule has 0 unspecified atom stereocenters. The Balaban J connectivity index is 0.00000220. The average molecular weight is 644 g/mol. The molecule has 0 saturated heterocycles. The summed E-state index contributed by atoms with van der Waals surface area (Å²) in [6.07, 6.45) is 7.60. The van der Waals surface area contributed by atoms with Crippen molar-refractivity contribution in [3.05, 3.63) is 110 Å². The zero-order chi connectivity index (χ0) is 22.9. The summed E-state index contributed by atoms with van der Waals surface area (Å²) in [5, 5.41) is 6.35. The Morgan fingerprint density at radius 2 is 1.03 bits per heavy atom. The molecule has 0 aliphatic rings. The van der Waals surface area contributed by atoms with Crippen LogP contribution in [0.4, 0.5) is 0 Å². The molecule has 4 heterocycles. The van der Waals surface area contributed by atoms with E-state index in [0.29, 0.717) is 11.5 Å². The molecule has 4 aromatic heterocycles. The second-order valence-corrected chi connectivity index (χ2v) is 8.60. The minimum absolute atomic E-state index is 0. The first kappa shape index (κ1) is 21.1. The van der Waals surface area contributed by atoms with Crippen molar-refractivity contribution in [2.75, 3.05) is 0 Å². The average Bonchev–Trinajstić information content (AvgIpc) is 3.60. The van der Waals surface area contributed by atoms with Crippen LogP contribution < -0.4 is 4.74 Å². The summed E-state index contributed by atoms with van der Waals surface area (Å²) in [6.45, 7) is 0. The third-order valence-electron chi connectivity index (χ3n) is 6.69. The Morgan fingerprint density at radius 1 is 0.556 bits per heavy atom. The molecule has 0 N–H and O–H groups in total. The van der Waals surface area contributed by atoms with Crippen LogP contribution in [0.2, 0.25) is 0 Å². The number of rotatable bonds is 2. The van der Waals surface area contributed by atoms with E-state index in [1.54, 1.807) is 0 Å². The van der Waals surface area contributed by atoms with Crippen LogP contribution >= 0.6 is 0 Å². The summed E-state index contributed by atoms with van der Waals surface area (Å²) < 4.78 is 10.5. The summed E-state index contributed by atoms with van der Waals surface area (Å²) in [5.41, 5.74) is 3.95. The normalized spacial score (nSPS) is 11.7. The number of aromatic nitrogens is 4. The van der Waals surface area contributed by atoms with Crippen molar-refractivity contribution in [2.45, 2.75) is 0 Å². The molecule has 0 spiro atoms. The van der Waals surface area contributed by atoms with E-state index in [4.69, 9.17) is 4.74 Å². The van der Waals surface area contributed by atoms with Gasteiger partial charge >= 0.3 is 21.1 Å². The van der Waals surface area contributed by atoms with Crippen LogP contribution in [0.25, 0.3) is 54.6 Å². The fourth-order valence-corrected chi connectivity index (χ4v) is 5.18. The third kappa shape index (κ3) is 2.93. The van der Waals surface area contributed by atoms with Crippen LogP contribution in [0, 0.1) is 12.1 Å². The molecular formula is C30H16N4OPt. The van der Waals surface area contributed by atoms with Crippen LogP contribution in [0.1, 0.15) is 0 Å². The van der Waals surface area contributed by atoms with E-state index in [-0.39, 0.29) is 21.1 Å². The number of nitrogens with zero attached hydrogens (tertiary/aromatic N) is 4. The van der Waals surface area contributed by atoms with Crippen molar-refractivity contribution in [2.24, 2.45) is 0 Å². The van der Waals surface area contributed by atoms with E-state index >= 15 is 0 Å². The number of ether oxygens (including phenoxy) is 1. The minimum Gasteiger partial charge on any atom is -0.497 e. The topological polar surface area (TPSA) is 43.8 Å². The summed E-state index contributed by atoms with van der Waals surface area (Å²) in [5.74, 6) is 1.24. The number of imidazole rings is 2. The van der Waals surface area contributed by atoms with Gasteiger partial charge in [0.25, 0.3) is 0 Å². The Hall–Kier alpha value is -4.21. The fourth-order valence-electron chi connectivity index (χ4n) is 5.18. The van der Waals surface area contributed by atoms with Crippen LogP contribution in [-0.4, -0.2) is 18.8 Å². The molecule has 4 aromatic carbocycles. The fraction of sp³-hybridized carbons (Fsp3) is 0. The molecule has 0 atom stereocenters. The van der Waals surface area contributed by atoms with Crippen LogP contribution in [0.15, 0.2) is 97.6 Å². The zero-order valence-electron chi connectivity index (χ0n) is 18.8. The van der Waals surface area contributed by atoms with Gasteiger partial charge in [-0.25, -0.2) is 0 Å². The molecule has 0 saturated carbocycles. The maximum atomic E-state index is 6.28. The maximum Gasteiger partial charge on any atom is 2.00 e. The maximum absolute atomic E-state index is 6.28. The molecular weight excluding hydrogens is 627 g/mol. The van der Waals surface area contributed by atoms with Crippen molar-refractivity contribution in [3.8, 4) is 11.5 Å². The summed E-state index contributed by atoms with van der Waals surface area (Å²) in [4.78, 5) is 9.20. The van der Waals surface area contributed by atoms with Crippen molar-refractivity contribution >= 4 is 54.6 Å². The van der Waals surface area contributed by atoms with E-state index in [1.807, 2.05) is 49.1 Å². The van der Waals surface area contributed by atoms with Gasteiger partial charge in [-0.2, -0.15) is 0 Å². The first-order valence-electron chi connectivity index (χ1n) is 11.4. The van der Waals surface area contributed by atoms with E-state index in [9.17, 15) is 0 Å². The standard InChI is InChI=1S/C30H16N4O.Pt/c1-3-7-27-23(5-1)21-11-9-19(17-25(21)29-31-13-15-33(27)29)35-20-10-12-22-24-6-2-4-8-28(24)34-16-14-32-30(34)26(22)18-20;/h1-16H;/q-2;+2. The predicted octanol–water partition coefficient (Wildman–Crippen LogP) is 6.98. The van der Waals surface area contributed by atoms with Gasteiger partial charge in [0.1, 0.15) is 0 Å². The van der Waals surface area contributed by atoms with E-state index in [2.05, 4.69) is 79.4 Å². The molecule has 0 radical (unpaired) electrons. The predicted molar refractivity (Wildman–Crippen MR) is 138 cm³/mol. The van der Waals surface area contributed by atoms with Gasteiger partial charge in [0.2, 0.25) is 0 Å². The van der Waals surface area contributed by atoms with Crippen LogP contribution in [0.5, 0.6) is 11.5 Å². The molecule has 0 amide bonds. The molecule has 0 aliphatic heterocycles. The van der Waals surface area contributed by atoms with Gasteiger partial charge in [-0.1, -0.05) is 82.2 Å². The summed E-state index contributed by atoms with van der Waals surface area (Å²) in [6, 6.07) is 31.7. The van der Waals surface area contributed by atoms with E-state index in [1.165, 1.54) is 0 Å². The van der Waals surface area contributed by atoms with Gasteiger partial charge in [-0.15, -0.1) is 12.1 Å². The van der Waals surface area contributed by atoms with Crippen molar-refractivity contribution in [1.29, 1.82) is 0 Å². The molecule has 0 aliphatic carbocycles. The number of fused-ring (bicyclic) bond motifs is 12. The molecule has 0 bridgehead atoms. The van der Waals surface area contributed by atoms with Crippen molar-refractivity contribution in [3.63, 3.8) is 0 Å². The Morgan fingerprint density at radius 3 is 1.53 bits per heavy atom. The van der Waals surface area contributed by atoms with Crippen LogP contribution in [0.3, 0.4) is 0 Å². The van der Waals surface area contributed by atoms with E-state index in [0.717, 1.165) is 54.6 Å². The summed E-state index contributed by atoms with van der Waals surface area (Å²) in [7, 11) is 0.